The largest absolute Gasteiger partial charge is 0.283 e. The van der Waals surface area contributed by atoms with Crippen molar-refractivity contribution >= 4 is 54.0 Å². The molecule has 4 aromatic rings. The first-order chi connectivity index (χ1) is 15.7. The second kappa shape index (κ2) is 9.59. The van der Waals surface area contributed by atoms with Crippen molar-refractivity contribution in [1.29, 1.82) is 0 Å². The van der Waals surface area contributed by atoms with Crippen molar-refractivity contribution < 1.29 is 13.2 Å². The summed E-state index contributed by atoms with van der Waals surface area (Å²) in [5.41, 5.74) is 2.37. The first-order valence-corrected chi connectivity index (χ1v) is 13.1. The summed E-state index contributed by atoms with van der Waals surface area (Å²) >= 11 is 7.52. The molecule has 2 aromatic carbocycles. The predicted octanol–water partition coefficient (Wildman–Crippen LogP) is 5.30. The number of halogens is 1. The lowest BCUT2D eigenvalue weighted by molar-refractivity contribution is -0.118. The van der Waals surface area contributed by atoms with E-state index in [1.165, 1.54) is 11.3 Å². The van der Waals surface area contributed by atoms with Gasteiger partial charge < -0.3 is 0 Å². The van der Waals surface area contributed by atoms with Crippen LogP contribution in [0, 0.1) is 0 Å². The first-order valence-electron chi connectivity index (χ1n) is 10.3. The van der Waals surface area contributed by atoms with Gasteiger partial charge in [-0.1, -0.05) is 41.1 Å². The van der Waals surface area contributed by atoms with Crippen molar-refractivity contribution in [2.75, 3.05) is 4.90 Å². The average molecular weight is 500 g/mol. The van der Waals surface area contributed by atoms with Crippen LogP contribution in [0.15, 0.2) is 71.9 Å². The van der Waals surface area contributed by atoms with E-state index >= 15 is 0 Å². The maximum absolute atomic E-state index is 13.4. The Labute approximate surface area is 201 Å². The fourth-order valence-electron chi connectivity index (χ4n) is 3.28. The summed E-state index contributed by atoms with van der Waals surface area (Å²) in [6.45, 7) is 3.61. The molecule has 4 rings (SSSR count). The Morgan fingerprint density at radius 3 is 2.52 bits per heavy atom. The summed E-state index contributed by atoms with van der Waals surface area (Å²) < 4.78 is 25.6. The van der Waals surface area contributed by atoms with Crippen LogP contribution >= 0.6 is 22.9 Å². The molecule has 9 heteroatoms. The number of rotatable bonds is 7. The molecule has 170 valence electrons. The van der Waals surface area contributed by atoms with Crippen molar-refractivity contribution in [2.24, 2.45) is 0 Å². The molecule has 0 aliphatic carbocycles. The van der Waals surface area contributed by atoms with Gasteiger partial charge in [0.15, 0.2) is 15.0 Å². The lowest BCUT2D eigenvalue weighted by Crippen LogP contribution is -2.31. The van der Waals surface area contributed by atoms with Gasteiger partial charge in [0.05, 0.1) is 33.3 Å². The van der Waals surface area contributed by atoms with E-state index in [0.717, 1.165) is 21.3 Å². The van der Waals surface area contributed by atoms with Gasteiger partial charge in [0.2, 0.25) is 5.91 Å². The van der Waals surface area contributed by atoms with Crippen LogP contribution < -0.4 is 4.90 Å². The number of carbonyl (C=O) groups is 1. The van der Waals surface area contributed by atoms with Crippen LogP contribution in [0.25, 0.3) is 10.2 Å². The van der Waals surface area contributed by atoms with Crippen LogP contribution in [-0.4, -0.2) is 29.5 Å². The number of hydrogen-bond donors (Lipinski definition) is 0. The van der Waals surface area contributed by atoms with E-state index in [1.807, 2.05) is 24.3 Å². The van der Waals surface area contributed by atoms with Gasteiger partial charge in [0, 0.05) is 17.4 Å². The van der Waals surface area contributed by atoms with E-state index in [-0.39, 0.29) is 17.2 Å². The Bertz CT molecular complexity index is 1390. The van der Waals surface area contributed by atoms with E-state index in [2.05, 4.69) is 9.97 Å². The van der Waals surface area contributed by atoms with Gasteiger partial charge in [-0.3, -0.25) is 14.7 Å². The monoisotopic (exact) mass is 499 g/mol. The van der Waals surface area contributed by atoms with Gasteiger partial charge in [0.1, 0.15) is 0 Å². The highest BCUT2D eigenvalue weighted by atomic mass is 35.5. The molecule has 0 bridgehead atoms. The van der Waals surface area contributed by atoms with Crippen LogP contribution in [0.5, 0.6) is 0 Å². The van der Waals surface area contributed by atoms with Gasteiger partial charge in [-0.15, -0.1) is 0 Å². The number of benzene rings is 2. The molecule has 6 nitrogen and oxygen atoms in total. The molecule has 0 atom stereocenters. The number of sulfone groups is 1. The highest BCUT2D eigenvalue weighted by Crippen LogP contribution is 2.32. The number of anilines is 1. The van der Waals surface area contributed by atoms with Gasteiger partial charge in [0.25, 0.3) is 0 Å². The topological polar surface area (TPSA) is 80.2 Å². The molecule has 0 radical (unpaired) electrons. The number of fused-ring (bicyclic) bond motifs is 1. The molecule has 1 amide bonds. The molecule has 0 N–H and O–H groups in total. The zero-order valence-corrected chi connectivity index (χ0v) is 20.5. The third-order valence-electron chi connectivity index (χ3n) is 5.16. The molecular formula is C24H22ClN3O3S2. The maximum Gasteiger partial charge on any atom is 0.233 e. The molecule has 0 fully saturated rings. The lowest BCUT2D eigenvalue weighted by Gasteiger charge is -2.20. The quantitative estimate of drug-likeness (QED) is 0.344. The maximum atomic E-state index is 13.4. The highest BCUT2D eigenvalue weighted by molar-refractivity contribution is 7.92. The van der Waals surface area contributed by atoms with E-state index in [1.54, 1.807) is 61.5 Å². The normalized spacial score (nSPS) is 11.8. The second-order valence-electron chi connectivity index (χ2n) is 7.86. The van der Waals surface area contributed by atoms with E-state index in [4.69, 9.17) is 11.6 Å². The highest BCUT2D eigenvalue weighted by Gasteiger charge is 2.22. The predicted molar refractivity (Wildman–Crippen MR) is 133 cm³/mol. The zero-order chi connectivity index (χ0) is 23.6. The third kappa shape index (κ3) is 5.24. The minimum atomic E-state index is -3.36. The van der Waals surface area contributed by atoms with Crippen molar-refractivity contribution in [1.82, 2.24) is 9.97 Å². The fourth-order valence-corrected chi connectivity index (χ4v) is 5.60. The van der Waals surface area contributed by atoms with Crippen molar-refractivity contribution in [2.45, 2.75) is 37.0 Å². The van der Waals surface area contributed by atoms with Gasteiger partial charge in [-0.2, -0.15) is 0 Å². The van der Waals surface area contributed by atoms with E-state index in [9.17, 15) is 13.2 Å². The number of pyridine rings is 1. The van der Waals surface area contributed by atoms with E-state index in [0.29, 0.717) is 16.7 Å². The van der Waals surface area contributed by atoms with Crippen molar-refractivity contribution in [3.8, 4) is 0 Å². The number of hydrogen-bond acceptors (Lipinski definition) is 6. The van der Waals surface area contributed by atoms with Crippen LogP contribution in [-0.2, 0) is 27.6 Å². The van der Waals surface area contributed by atoms with Gasteiger partial charge >= 0.3 is 0 Å². The number of aromatic nitrogens is 2. The molecule has 0 aliphatic rings. The SMILES string of the molecule is CC(C)S(=O)(=O)c1ccc(CC(=O)N(Cc2cccnc2)c2nc3ccc(Cl)cc3s2)cc1. The summed E-state index contributed by atoms with van der Waals surface area (Å²) in [7, 11) is -3.36. The summed E-state index contributed by atoms with van der Waals surface area (Å²) in [5.74, 6) is -0.150. The second-order valence-corrected chi connectivity index (χ2v) is 11.8. The Kier molecular flexibility index (Phi) is 6.78. The van der Waals surface area contributed by atoms with Gasteiger partial charge in [-0.05, 0) is 61.4 Å². The third-order valence-corrected chi connectivity index (χ3v) is 8.61. The molecule has 33 heavy (non-hydrogen) atoms. The Hall–Kier alpha value is -2.81. The van der Waals surface area contributed by atoms with Crippen LogP contribution in [0.2, 0.25) is 5.02 Å². The number of amides is 1. The smallest absolute Gasteiger partial charge is 0.233 e. The number of carbonyl (C=O) groups excluding carboxylic acids is 1. The molecule has 0 unspecified atom stereocenters. The molecule has 0 saturated carbocycles. The molecular weight excluding hydrogens is 478 g/mol. The molecule has 2 heterocycles. The average Bonchev–Trinajstić information content (AvgIpc) is 3.21. The van der Waals surface area contributed by atoms with Crippen LogP contribution in [0.4, 0.5) is 5.13 Å². The molecule has 0 aliphatic heterocycles. The van der Waals surface area contributed by atoms with Crippen molar-refractivity contribution in [3.63, 3.8) is 0 Å². The van der Waals surface area contributed by atoms with Crippen molar-refractivity contribution in [3.05, 3.63) is 83.1 Å². The Morgan fingerprint density at radius 1 is 1.09 bits per heavy atom. The van der Waals surface area contributed by atoms with Crippen LogP contribution in [0.3, 0.4) is 0 Å². The standard InChI is InChI=1S/C24H22ClN3O3S2/c1-16(2)33(30,31)20-8-5-17(6-9-20)12-23(29)28(15-18-4-3-11-26-14-18)24-27-21-10-7-19(25)13-22(21)32-24/h3-11,13-14,16H,12,15H2,1-2H3. The van der Waals surface area contributed by atoms with Crippen LogP contribution in [0.1, 0.15) is 25.0 Å². The summed E-state index contributed by atoms with van der Waals surface area (Å²) in [4.78, 5) is 24.1. The number of nitrogens with zero attached hydrogens (tertiary/aromatic N) is 3. The minimum Gasteiger partial charge on any atom is -0.283 e. The molecule has 0 spiro atoms. The molecule has 2 aromatic heterocycles. The Balaban J connectivity index is 1.63. The first kappa shape index (κ1) is 23.4. The summed E-state index contributed by atoms with van der Waals surface area (Å²) in [5, 5.41) is 0.673. The molecule has 0 saturated heterocycles. The minimum absolute atomic E-state index is 0.110. The summed E-state index contributed by atoms with van der Waals surface area (Å²) in [6.07, 6.45) is 3.51. The van der Waals surface area contributed by atoms with Gasteiger partial charge in [-0.25, -0.2) is 13.4 Å². The van der Waals surface area contributed by atoms with E-state index < -0.39 is 15.1 Å². The zero-order valence-electron chi connectivity index (χ0n) is 18.1. The summed E-state index contributed by atoms with van der Waals surface area (Å²) in [6, 6.07) is 15.7. The lowest BCUT2D eigenvalue weighted by atomic mass is 10.1. The number of thiazole rings is 1. The fraction of sp³-hybridized carbons (Fsp3) is 0.208. The Morgan fingerprint density at radius 2 is 1.85 bits per heavy atom.